The molecule has 2 nitrogen and oxygen atoms in total. The molecular weight excluding hydrogens is 228 g/mol. The Morgan fingerprint density at radius 2 is 2.18 bits per heavy atom. The Balaban J connectivity index is 2.11. The third-order valence-corrected chi connectivity index (χ3v) is 3.95. The van der Waals surface area contributed by atoms with E-state index in [0.29, 0.717) is 6.54 Å². The first-order valence-corrected chi connectivity index (χ1v) is 7.36. The number of thioether (sulfide) groups is 1. The predicted octanol–water partition coefficient (Wildman–Crippen LogP) is 3.24. The highest BCUT2D eigenvalue weighted by Crippen LogP contribution is 2.18. The maximum absolute atomic E-state index is 5.69. The van der Waals surface area contributed by atoms with Crippen molar-refractivity contribution in [2.75, 3.05) is 11.5 Å². The van der Waals surface area contributed by atoms with E-state index in [0.717, 1.165) is 6.54 Å². The Bertz CT molecular complexity index is 476. The van der Waals surface area contributed by atoms with Crippen molar-refractivity contribution in [1.82, 2.24) is 4.57 Å². The van der Waals surface area contributed by atoms with Crippen LogP contribution in [0.25, 0.3) is 10.9 Å². The van der Waals surface area contributed by atoms with E-state index in [-0.39, 0.29) is 0 Å². The van der Waals surface area contributed by atoms with Crippen LogP contribution >= 0.6 is 11.8 Å². The van der Waals surface area contributed by atoms with E-state index in [9.17, 15) is 0 Å². The van der Waals surface area contributed by atoms with Gasteiger partial charge in [0.1, 0.15) is 0 Å². The zero-order chi connectivity index (χ0) is 12.1. The van der Waals surface area contributed by atoms with E-state index in [1.54, 1.807) is 0 Å². The summed E-state index contributed by atoms with van der Waals surface area (Å²) in [4.78, 5) is 0. The smallest absolute Gasteiger partial charge is 0.0483 e. The highest BCUT2D eigenvalue weighted by molar-refractivity contribution is 7.99. The van der Waals surface area contributed by atoms with Crippen molar-refractivity contribution in [3.63, 3.8) is 0 Å². The Morgan fingerprint density at radius 1 is 1.29 bits per heavy atom. The second-order valence-corrected chi connectivity index (χ2v) is 5.55. The van der Waals surface area contributed by atoms with Crippen LogP contribution in [0.5, 0.6) is 0 Å². The summed E-state index contributed by atoms with van der Waals surface area (Å²) in [6, 6.07) is 8.67. The van der Waals surface area contributed by atoms with Gasteiger partial charge >= 0.3 is 0 Å². The molecule has 0 aliphatic carbocycles. The fraction of sp³-hybridized carbons (Fsp3) is 0.429. The van der Waals surface area contributed by atoms with E-state index in [1.165, 1.54) is 34.4 Å². The molecule has 0 fully saturated rings. The largest absolute Gasteiger partial charge is 0.347 e. The molecule has 3 heteroatoms. The average Bonchev–Trinajstić information content (AvgIpc) is 2.77. The highest BCUT2D eigenvalue weighted by Gasteiger charge is 2.01. The molecule has 17 heavy (non-hydrogen) atoms. The number of aromatic nitrogens is 1. The molecule has 0 bridgehead atoms. The van der Waals surface area contributed by atoms with Crippen LogP contribution in [0.2, 0.25) is 0 Å². The number of rotatable bonds is 6. The molecule has 0 spiro atoms. The van der Waals surface area contributed by atoms with Gasteiger partial charge in [0.25, 0.3) is 0 Å². The number of hydrogen-bond donors (Lipinski definition) is 1. The Kier molecular flexibility index (Phi) is 4.51. The quantitative estimate of drug-likeness (QED) is 0.796. The summed E-state index contributed by atoms with van der Waals surface area (Å²) in [5, 5.41) is 1.31. The summed E-state index contributed by atoms with van der Waals surface area (Å²) in [5.74, 6) is 2.45. The molecule has 0 unspecified atom stereocenters. The Hall–Kier alpha value is -0.930. The van der Waals surface area contributed by atoms with Gasteiger partial charge in [-0.2, -0.15) is 11.8 Å². The van der Waals surface area contributed by atoms with Gasteiger partial charge < -0.3 is 10.3 Å². The van der Waals surface area contributed by atoms with Crippen LogP contribution in [0.15, 0.2) is 30.5 Å². The lowest BCUT2D eigenvalue weighted by Crippen LogP contribution is -1.99. The van der Waals surface area contributed by atoms with Crippen LogP contribution in [0.3, 0.4) is 0 Å². The lowest BCUT2D eigenvalue weighted by Gasteiger charge is -2.06. The van der Waals surface area contributed by atoms with Gasteiger partial charge in [0.2, 0.25) is 0 Å². The second kappa shape index (κ2) is 6.12. The van der Waals surface area contributed by atoms with Gasteiger partial charge in [-0.1, -0.05) is 19.1 Å². The fourth-order valence-electron chi connectivity index (χ4n) is 2.03. The zero-order valence-corrected chi connectivity index (χ0v) is 11.2. The summed E-state index contributed by atoms with van der Waals surface area (Å²) in [5.41, 5.74) is 8.21. The normalized spacial score (nSPS) is 11.2. The topological polar surface area (TPSA) is 30.9 Å². The number of benzene rings is 1. The first-order chi connectivity index (χ1) is 8.35. The van der Waals surface area contributed by atoms with Crippen LogP contribution in [0, 0.1) is 0 Å². The van der Waals surface area contributed by atoms with Gasteiger partial charge in [0, 0.05) is 24.8 Å². The van der Waals surface area contributed by atoms with Gasteiger partial charge in [0.05, 0.1) is 0 Å². The first-order valence-electron chi connectivity index (χ1n) is 6.20. The molecule has 92 valence electrons. The Labute approximate surface area is 107 Å². The van der Waals surface area contributed by atoms with Crippen molar-refractivity contribution in [3.05, 3.63) is 36.0 Å². The monoisotopic (exact) mass is 248 g/mol. The number of nitrogens with two attached hydrogens (primary N) is 1. The number of nitrogens with zero attached hydrogens (tertiary/aromatic N) is 1. The summed E-state index contributed by atoms with van der Waals surface area (Å²) in [6.45, 7) is 3.93. The SMILES string of the molecule is CCSCCCn1ccc2ccc(CN)cc21. The van der Waals surface area contributed by atoms with Crippen molar-refractivity contribution in [1.29, 1.82) is 0 Å². The van der Waals surface area contributed by atoms with Crippen molar-refractivity contribution < 1.29 is 0 Å². The maximum Gasteiger partial charge on any atom is 0.0483 e. The van der Waals surface area contributed by atoms with Crippen molar-refractivity contribution in [2.24, 2.45) is 5.73 Å². The molecule has 2 N–H and O–H groups in total. The molecule has 0 aliphatic heterocycles. The fourth-order valence-corrected chi connectivity index (χ4v) is 2.65. The van der Waals surface area contributed by atoms with Crippen molar-refractivity contribution >= 4 is 22.7 Å². The summed E-state index contributed by atoms with van der Waals surface area (Å²) >= 11 is 2.01. The molecule has 1 aromatic heterocycles. The van der Waals surface area contributed by atoms with E-state index in [4.69, 9.17) is 5.73 Å². The Morgan fingerprint density at radius 3 is 2.94 bits per heavy atom. The molecule has 0 amide bonds. The minimum Gasteiger partial charge on any atom is -0.347 e. The van der Waals surface area contributed by atoms with E-state index in [1.807, 2.05) is 11.8 Å². The van der Waals surface area contributed by atoms with E-state index >= 15 is 0 Å². The van der Waals surface area contributed by atoms with Crippen LogP contribution in [-0.4, -0.2) is 16.1 Å². The molecule has 0 radical (unpaired) electrons. The van der Waals surface area contributed by atoms with Gasteiger partial charge in [-0.25, -0.2) is 0 Å². The third-order valence-electron chi connectivity index (χ3n) is 2.97. The maximum atomic E-state index is 5.69. The minimum atomic E-state index is 0.618. The third kappa shape index (κ3) is 3.05. The summed E-state index contributed by atoms with van der Waals surface area (Å²) in [6.07, 6.45) is 3.41. The molecule has 0 saturated heterocycles. The highest BCUT2D eigenvalue weighted by atomic mass is 32.2. The standard InChI is InChI=1S/C14H20N2S/c1-2-17-9-3-7-16-8-6-13-5-4-12(11-15)10-14(13)16/h4-6,8,10H,2-3,7,9,11,15H2,1H3. The van der Waals surface area contributed by atoms with Gasteiger partial charge in [-0.05, 0) is 41.0 Å². The number of aryl methyl sites for hydroxylation is 1. The van der Waals surface area contributed by atoms with Crippen molar-refractivity contribution in [3.8, 4) is 0 Å². The number of fused-ring (bicyclic) bond motifs is 1. The van der Waals surface area contributed by atoms with Gasteiger partial charge in [-0.15, -0.1) is 0 Å². The van der Waals surface area contributed by atoms with Crippen LogP contribution in [0.4, 0.5) is 0 Å². The van der Waals surface area contributed by atoms with Crippen LogP contribution < -0.4 is 5.73 Å². The first kappa shape index (κ1) is 12.5. The predicted molar refractivity (Wildman–Crippen MR) is 77.4 cm³/mol. The van der Waals surface area contributed by atoms with Crippen molar-refractivity contribution in [2.45, 2.75) is 26.4 Å². The number of hydrogen-bond acceptors (Lipinski definition) is 2. The van der Waals surface area contributed by atoms with Crippen LogP contribution in [0.1, 0.15) is 18.9 Å². The summed E-state index contributed by atoms with van der Waals surface area (Å²) in [7, 11) is 0. The second-order valence-electron chi connectivity index (χ2n) is 4.16. The lowest BCUT2D eigenvalue weighted by atomic mass is 10.1. The summed E-state index contributed by atoms with van der Waals surface area (Å²) < 4.78 is 2.34. The molecule has 2 aromatic rings. The van der Waals surface area contributed by atoms with Crippen LogP contribution in [-0.2, 0) is 13.1 Å². The average molecular weight is 248 g/mol. The molecule has 2 rings (SSSR count). The lowest BCUT2D eigenvalue weighted by molar-refractivity contribution is 0.709. The zero-order valence-electron chi connectivity index (χ0n) is 10.4. The van der Waals surface area contributed by atoms with E-state index < -0.39 is 0 Å². The molecule has 1 heterocycles. The van der Waals surface area contributed by atoms with Gasteiger partial charge in [0.15, 0.2) is 0 Å². The molecular formula is C14H20N2S. The molecule has 1 aromatic carbocycles. The molecule has 0 saturated carbocycles. The van der Waals surface area contributed by atoms with Gasteiger partial charge in [-0.3, -0.25) is 0 Å². The molecule has 0 aliphatic rings. The minimum absolute atomic E-state index is 0.618. The molecule has 0 atom stereocenters. The van der Waals surface area contributed by atoms with E-state index in [2.05, 4.69) is 42.0 Å².